The highest BCUT2D eigenvalue weighted by Gasteiger charge is 2.08. The van der Waals surface area contributed by atoms with Crippen LogP contribution in [-0.2, 0) is 6.42 Å². The van der Waals surface area contributed by atoms with Crippen LogP contribution in [-0.4, -0.2) is 10.1 Å². The summed E-state index contributed by atoms with van der Waals surface area (Å²) in [7, 11) is 0. The van der Waals surface area contributed by atoms with Gasteiger partial charge in [-0.25, -0.2) is 0 Å². The molecule has 0 spiro atoms. The van der Waals surface area contributed by atoms with Crippen LogP contribution in [0, 0.1) is 0 Å². The molecule has 0 saturated heterocycles. The van der Waals surface area contributed by atoms with Crippen molar-refractivity contribution in [1.29, 1.82) is 0 Å². The summed E-state index contributed by atoms with van der Waals surface area (Å²) in [5.41, 5.74) is 3.20. The zero-order valence-corrected chi connectivity index (χ0v) is 9.07. The minimum Gasteiger partial charge on any atom is -0.389 e. The van der Waals surface area contributed by atoms with Crippen molar-refractivity contribution in [3.63, 3.8) is 0 Å². The Morgan fingerprint density at radius 2 is 2.13 bits per heavy atom. The SMILES string of the molecule is CCc1cccc2c(C(C)O)ccnc12. The summed E-state index contributed by atoms with van der Waals surface area (Å²) >= 11 is 0. The number of pyridine rings is 1. The topological polar surface area (TPSA) is 33.1 Å². The fourth-order valence-corrected chi connectivity index (χ4v) is 1.91. The van der Waals surface area contributed by atoms with E-state index in [0.717, 1.165) is 22.9 Å². The molecule has 15 heavy (non-hydrogen) atoms. The lowest BCUT2D eigenvalue weighted by molar-refractivity contribution is 0.201. The number of para-hydroxylation sites is 1. The van der Waals surface area contributed by atoms with Gasteiger partial charge < -0.3 is 5.11 Å². The minimum absolute atomic E-state index is 0.442. The Kier molecular flexibility index (Phi) is 2.69. The molecule has 0 aliphatic carbocycles. The molecule has 1 aromatic heterocycles. The molecule has 0 aliphatic rings. The van der Waals surface area contributed by atoms with Crippen molar-refractivity contribution in [1.82, 2.24) is 4.98 Å². The zero-order valence-electron chi connectivity index (χ0n) is 9.07. The lowest BCUT2D eigenvalue weighted by Crippen LogP contribution is -1.95. The van der Waals surface area contributed by atoms with Crippen LogP contribution in [0.4, 0.5) is 0 Å². The van der Waals surface area contributed by atoms with Gasteiger partial charge in [-0.3, -0.25) is 4.98 Å². The fourth-order valence-electron chi connectivity index (χ4n) is 1.91. The third kappa shape index (κ3) is 1.73. The molecule has 78 valence electrons. The Bertz CT molecular complexity index is 477. The van der Waals surface area contributed by atoms with Crippen LogP contribution in [0.5, 0.6) is 0 Å². The number of aromatic nitrogens is 1. The van der Waals surface area contributed by atoms with E-state index in [-0.39, 0.29) is 0 Å². The van der Waals surface area contributed by atoms with Crippen LogP contribution in [0.15, 0.2) is 30.5 Å². The Balaban J connectivity index is 2.76. The first-order chi connectivity index (χ1) is 7.24. The Hall–Kier alpha value is -1.41. The number of hydrogen-bond donors (Lipinski definition) is 1. The summed E-state index contributed by atoms with van der Waals surface area (Å²) in [4.78, 5) is 4.38. The van der Waals surface area contributed by atoms with Gasteiger partial charge in [0.05, 0.1) is 11.6 Å². The van der Waals surface area contributed by atoms with Crippen LogP contribution in [0.2, 0.25) is 0 Å². The molecular formula is C13H15NO. The minimum atomic E-state index is -0.442. The van der Waals surface area contributed by atoms with Crippen molar-refractivity contribution in [3.05, 3.63) is 41.6 Å². The van der Waals surface area contributed by atoms with Gasteiger partial charge in [0.2, 0.25) is 0 Å². The molecule has 0 radical (unpaired) electrons. The molecule has 1 unspecified atom stereocenters. The van der Waals surface area contributed by atoms with E-state index in [0.29, 0.717) is 0 Å². The highest BCUT2D eigenvalue weighted by molar-refractivity contribution is 5.85. The van der Waals surface area contributed by atoms with Gasteiger partial charge in [0, 0.05) is 11.6 Å². The number of fused-ring (bicyclic) bond motifs is 1. The van der Waals surface area contributed by atoms with Crippen LogP contribution in [0.25, 0.3) is 10.9 Å². The number of aliphatic hydroxyl groups is 1. The van der Waals surface area contributed by atoms with Crippen molar-refractivity contribution in [2.24, 2.45) is 0 Å². The molecule has 2 heteroatoms. The molecule has 1 aromatic carbocycles. The number of aliphatic hydroxyl groups excluding tert-OH is 1. The van der Waals surface area contributed by atoms with Crippen LogP contribution >= 0.6 is 0 Å². The van der Waals surface area contributed by atoms with Gasteiger partial charge in [-0.05, 0) is 30.5 Å². The third-order valence-electron chi connectivity index (χ3n) is 2.72. The summed E-state index contributed by atoms with van der Waals surface area (Å²) in [5.74, 6) is 0. The Labute approximate surface area is 89.6 Å². The normalized spacial score (nSPS) is 13.0. The van der Waals surface area contributed by atoms with Gasteiger partial charge in [0.1, 0.15) is 0 Å². The van der Waals surface area contributed by atoms with Crippen molar-refractivity contribution >= 4 is 10.9 Å². The predicted octanol–water partition coefficient (Wildman–Crippen LogP) is 2.85. The van der Waals surface area contributed by atoms with Gasteiger partial charge in [-0.2, -0.15) is 0 Å². The predicted molar refractivity (Wildman–Crippen MR) is 61.8 cm³/mol. The Morgan fingerprint density at radius 1 is 1.33 bits per heavy atom. The molecule has 1 heterocycles. The second-order valence-corrected chi connectivity index (χ2v) is 3.74. The zero-order chi connectivity index (χ0) is 10.8. The second-order valence-electron chi connectivity index (χ2n) is 3.74. The van der Waals surface area contributed by atoms with Crippen molar-refractivity contribution in [3.8, 4) is 0 Å². The molecule has 0 amide bonds. The van der Waals surface area contributed by atoms with E-state index in [9.17, 15) is 5.11 Å². The van der Waals surface area contributed by atoms with Gasteiger partial charge >= 0.3 is 0 Å². The van der Waals surface area contributed by atoms with E-state index in [1.165, 1.54) is 5.56 Å². The lowest BCUT2D eigenvalue weighted by atomic mass is 10.0. The molecule has 2 rings (SSSR count). The maximum atomic E-state index is 9.66. The average molecular weight is 201 g/mol. The molecule has 2 nitrogen and oxygen atoms in total. The highest BCUT2D eigenvalue weighted by Crippen LogP contribution is 2.24. The molecule has 1 atom stereocenters. The number of rotatable bonds is 2. The first kappa shape index (κ1) is 10.1. The van der Waals surface area contributed by atoms with Crippen molar-refractivity contribution in [2.75, 3.05) is 0 Å². The largest absolute Gasteiger partial charge is 0.389 e. The summed E-state index contributed by atoms with van der Waals surface area (Å²) in [6.45, 7) is 3.90. The number of nitrogens with zero attached hydrogens (tertiary/aromatic N) is 1. The maximum absolute atomic E-state index is 9.66. The quantitative estimate of drug-likeness (QED) is 0.810. The first-order valence-electron chi connectivity index (χ1n) is 5.28. The summed E-state index contributed by atoms with van der Waals surface area (Å²) < 4.78 is 0. The number of hydrogen-bond acceptors (Lipinski definition) is 2. The van der Waals surface area contributed by atoms with E-state index < -0.39 is 6.10 Å². The average Bonchev–Trinajstić information content (AvgIpc) is 2.27. The summed E-state index contributed by atoms with van der Waals surface area (Å²) in [6, 6.07) is 8.01. The molecule has 0 fully saturated rings. The van der Waals surface area contributed by atoms with Crippen LogP contribution < -0.4 is 0 Å². The molecule has 0 bridgehead atoms. The standard InChI is InChI=1S/C13H15NO/c1-3-10-5-4-6-12-11(9(2)15)7-8-14-13(10)12/h4-9,15H,3H2,1-2H3. The summed E-state index contributed by atoms with van der Waals surface area (Å²) in [6.07, 6.45) is 2.29. The van der Waals surface area contributed by atoms with Crippen molar-refractivity contribution < 1.29 is 5.11 Å². The maximum Gasteiger partial charge on any atom is 0.0769 e. The van der Waals surface area contributed by atoms with E-state index in [4.69, 9.17) is 0 Å². The molecule has 1 N–H and O–H groups in total. The summed E-state index contributed by atoms with van der Waals surface area (Å²) in [5, 5.41) is 10.7. The number of benzene rings is 1. The molecule has 0 aliphatic heterocycles. The van der Waals surface area contributed by atoms with Crippen LogP contribution in [0.1, 0.15) is 31.1 Å². The third-order valence-corrected chi connectivity index (χ3v) is 2.72. The van der Waals surface area contributed by atoms with E-state index >= 15 is 0 Å². The Morgan fingerprint density at radius 3 is 2.80 bits per heavy atom. The van der Waals surface area contributed by atoms with Gasteiger partial charge in [0.15, 0.2) is 0 Å². The van der Waals surface area contributed by atoms with Crippen molar-refractivity contribution in [2.45, 2.75) is 26.4 Å². The fraction of sp³-hybridized carbons (Fsp3) is 0.308. The van der Waals surface area contributed by atoms with E-state index in [2.05, 4.69) is 18.0 Å². The lowest BCUT2D eigenvalue weighted by Gasteiger charge is -2.10. The first-order valence-corrected chi connectivity index (χ1v) is 5.28. The molecule has 0 saturated carbocycles. The molecular weight excluding hydrogens is 186 g/mol. The van der Waals surface area contributed by atoms with Crippen LogP contribution in [0.3, 0.4) is 0 Å². The monoisotopic (exact) mass is 201 g/mol. The number of aryl methyl sites for hydroxylation is 1. The smallest absolute Gasteiger partial charge is 0.0769 e. The highest BCUT2D eigenvalue weighted by atomic mass is 16.3. The van der Waals surface area contributed by atoms with Gasteiger partial charge in [-0.15, -0.1) is 0 Å². The van der Waals surface area contributed by atoms with E-state index in [1.54, 1.807) is 13.1 Å². The van der Waals surface area contributed by atoms with Gasteiger partial charge in [0.25, 0.3) is 0 Å². The van der Waals surface area contributed by atoms with E-state index in [1.807, 2.05) is 18.2 Å². The van der Waals surface area contributed by atoms with Gasteiger partial charge in [-0.1, -0.05) is 25.1 Å². The second kappa shape index (κ2) is 3.99. The molecule has 2 aromatic rings.